The molecule has 0 aliphatic carbocycles. The molecule has 0 radical (unpaired) electrons. The van der Waals surface area contributed by atoms with Crippen LogP contribution in [0.4, 0.5) is 0 Å². The summed E-state index contributed by atoms with van der Waals surface area (Å²) in [5.74, 6) is 1.06. The van der Waals surface area contributed by atoms with E-state index in [2.05, 4.69) is 55.4 Å². The molecule has 8 atom stereocenters. The lowest BCUT2D eigenvalue weighted by Crippen LogP contribution is -2.30. The minimum absolute atomic E-state index is 0.105. The van der Waals surface area contributed by atoms with E-state index < -0.39 is 97.5 Å². The molecule has 0 aromatic rings. The van der Waals surface area contributed by atoms with E-state index in [0.29, 0.717) is 25.7 Å². The van der Waals surface area contributed by atoms with Crippen molar-refractivity contribution in [3.63, 3.8) is 0 Å². The van der Waals surface area contributed by atoms with Crippen molar-refractivity contribution in [2.45, 2.75) is 408 Å². The number of aliphatic hydroxyl groups is 1. The van der Waals surface area contributed by atoms with Crippen molar-refractivity contribution in [2.75, 3.05) is 39.6 Å². The molecule has 0 heterocycles. The summed E-state index contributed by atoms with van der Waals surface area (Å²) in [6, 6.07) is 0. The monoisotopic (exact) mass is 1410 g/mol. The quantitative estimate of drug-likeness (QED) is 0.0222. The van der Waals surface area contributed by atoms with E-state index in [4.69, 9.17) is 37.0 Å². The van der Waals surface area contributed by atoms with Gasteiger partial charge in [-0.15, -0.1) is 0 Å². The molecule has 0 saturated carbocycles. The Morgan fingerprint density at radius 1 is 0.292 bits per heavy atom. The van der Waals surface area contributed by atoms with E-state index in [-0.39, 0.29) is 25.7 Å². The maximum atomic E-state index is 13.1. The summed E-state index contributed by atoms with van der Waals surface area (Å²) >= 11 is 0. The Labute approximate surface area is 588 Å². The Morgan fingerprint density at radius 3 is 0.740 bits per heavy atom. The molecule has 0 spiro atoms. The van der Waals surface area contributed by atoms with Gasteiger partial charge in [-0.05, 0) is 49.4 Å². The first-order valence-corrected chi connectivity index (χ1v) is 42.8. The smallest absolute Gasteiger partial charge is 0.462 e. The van der Waals surface area contributed by atoms with Crippen LogP contribution in [0.2, 0.25) is 0 Å². The Kier molecular flexibility index (Phi) is 65.0. The number of aliphatic hydroxyl groups excluding tert-OH is 1. The lowest BCUT2D eigenvalue weighted by atomic mass is 9.99. The number of phosphoric acid groups is 2. The van der Waals surface area contributed by atoms with Gasteiger partial charge in [-0.3, -0.25) is 37.3 Å². The highest BCUT2D eigenvalue weighted by Gasteiger charge is 2.30. The first-order valence-electron chi connectivity index (χ1n) is 39.8. The Hall–Kier alpha value is -1.94. The van der Waals surface area contributed by atoms with Gasteiger partial charge in [-0.2, -0.15) is 0 Å². The van der Waals surface area contributed by atoms with Gasteiger partial charge in [0.15, 0.2) is 12.2 Å². The number of esters is 4. The average Bonchev–Trinajstić information content (AvgIpc) is 1.11. The minimum Gasteiger partial charge on any atom is -0.462 e. The molecule has 0 amide bonds. The van der Waals surface area contributed by atoms with Crippen LogP contribution in [0.1, 0.15) is 389 Å². The summed E-state index contributed by atoms with van der Waals surface area (Å²) in [6.07, 6.45) is 51.0. The molecule has 96 heavy (non-hydrogen) atoms. The molecule has 17 nitrogen and oxygen atoms in total. The van der Waals surface area contributed by atoms with Gasteiger partial charge in [-0.25, -0.2) is 9.13 Å². The van der Waals surface area contributed by atoms with Crippen LogP contribution < -0.4 is 0 Å². The van der Waals surface area contributed by atoms with Crippen molar-refractivity contribution in [1.29, 1.82) is 0 Å². The summed E-state index contributed by atoms with van der Waals surface area (Å²) < 4.78 is 68.6. The molecule has 0 aromatic carbocycles. The van der Waals surface area contributed by atoms with Gasteiger partial charge in [0.2, 0.25) is 0 Å². The molecule has 0 fully saturated rings. The molecule has 570 valence electrons. The molecular formula is C77H150O17P2. The summed E-state index contributed by atoms with van der Waals surface area (Å²) in [5, 5.41) is 10.6. The third-order valence-electron chi connectivity index (χ3n) is 18.9. The van der Waals surface area contributed by atoms with E-state index in [1.54, 1.807) is 0 Å². The van der Waals surface area contributed by atoms with Crippen molar-refractivity contribution in [3.8, 4) is 0 Å². The Balaban J connectivity index is 5.29. The molecular weight excluding hydrogens is 1260 g/mol. The van der Waals surface area contributed by atoms with Crippen LogP contribution >= 0.6 is 15.6 Å². The SMILES string of the molecule is CCC(C)CCCCCCCCCCCCC(=O)OC[C@H](COP(=O)(O)OC[C@@H](O)COP(=O)(O)OC[C@@H](COC(=O)CCCCCCCCCCC(C)CC)OC(=O)CCCCCCCCCCCCC(C)CC)OC(=O)CCCCCCCCCCCCCCCC(C)C. The third-order valence-corrected chi connectivity index (χ3v) is 20.8. The second-order valence-electron chi connectivity index (χ2n) is 28.9. The molecule has 0 rings (SSSR count). The van der Waals surface area contributed by atoms with E-state index in [0.717, 1.165) is 114 Å². The van der Waals surface area contributed by atoms with Crippen LogP contribution in [0.15, 0.2) is 0 Å². The first-order chi connectivity index (χ1) is 46.2. The number of hydrogen-bond donors (Lipinski definition) is 3. The Morgan fingerprint density at radius 2 is 0.500 bits per heavy atom. The summed E-state index contributed by atoms with van der Waals surface area (Å²) in [5.41, 5.74) is 0. The van der Waals surface area contributed by atoms with Crippen molar-refractivity contribution in [3.05, 3.63) is 0 Å². The fourth-order valence-corrected chi connectivity index (χ4v) is 13.2. The largest absolute Gasteiger partial charge is 0.472 e. The van der Waals surface area contributed by atoms with Crippen LogP contribution in [0.25, 0.3) is 0 Å². The lowest BCUT2D eigenvalue weighted by molar-refractivity contribution is -0.161. The molecule has 0 aromatic heterocycles. The first kappa shape index (κ1) is 94.1. The normalized spacial score (nSPS) is 15.0. The number of carbonyl (C=O) groups is 4. The number of carbonyl (C=O) groups excluding carboxylic acids is 4. The maximum Gasteiger partial charge on any atom is 0.472 e. The minimum atomic E-state index is -4.96. The zero-order valence-corrected chi connectivity index (χ0v) is 64.8. The zero-order chi connectivity index (χ0) is 71.0. The van der Waals surface area contributed by atoms with Gasteiger partial charge < -0.3 is 33.8 Å². The van der Waals surface area contributed by atoms with Crippen LogP contribution in [0.3, 0.4) is 0 Å². The number of ether oxygens (including phenoxy) is 4. The van der Waals surface area contributed by atoms with E-state index in [1.807, 2.05) is 0 Å². The molecule has 3 N–H and O–H groups in total. The topological polar surface area (TPSA) is 237 Å². The fourth-order valence-electron chi connectivity index (χ4n) is 11.6. The summed E-state index contributed by atoms with van der Waals surface area (Å²) in [7, 11) is -9.92. The highest BCUT2D eigenvalue weighted by Crippen LogP contribution is 2.45. The molecule has 0 saturated heterocycles. The van der Waals surface area contributed by atoms with Crippen LogP contribution in [0.5, 0.6) is 0 Å². The van der Waals surface area contributed by atoms with Crippen LogP contribution in [-0.2, 0) is 65.4 Å². The predicted molar refractivity (Wildman–Crippen MR) is 391 cm³/mol. The summed E-state index contributed by atoms with van der Waals surface area (Å²) in [6.45, 7) is 14.3. The van der Waals surface area contributed by atoms with Gasteiger partial charge in [0.05, 0.1) is 26.4 Å². The van der Waals surface area contributed by atoms with Crippen molar-refractivity contribution in [1.82, 2.24) is 0 Å². The number of phosphoric ester groups is 2. The van der Waals surface area contributed by atoms with Crippen molar-refractivity contribution in [2.24, 2.45) is 23.7 Å². The molecule has 0 aliphatic rings. The van der Waals surface area contributed by atoms with Gasteiger partial charge >= 0.3 is 39.5 Å². The van der Waals surface area contributed by atoms with E-state index >= 15 is 0 Å². The predicted octanol–water partition coefficient (Wildman–Crippen LogP) is 22.4. The van der Waals surface area contributed by atoms with Crippen LogP contribution in [0, 0.1) is 23.7 Å². The van der Waals surface area contributed by atoms with Gasteiger partial charge in [-0.1, -0.05) is 338 Å². The standard InChI is InChI=1S/C77H150O17P2/c1-9-68(6)54-46-38-30-22-17-19-24-33-41-49-57-74(79)87-63-72(93-76(81)59-51-43-35-25-16-14-12-13-15-21-29-37-45-53-67(4)5)65-91-95(83,84)89-61-71(78)62-90-96(85,86)92-66-73(64-88-75(80)58-50-42-34-28-27-32-40-48-56-70(8)11-3)94-77(82)60-52-44-36-26-20-18-23-31-39-47-55-69(7)10-2/h67-73,78H,9-66H2,1-8H3,(H,83,84)(H,85,86)/t68?,69?,70?,71-,72-,73-/m1/s1. The number of unbranched alkanes of at least 4 members (excludes halogenated alkanes) is 37. The maximum absolute atomic E-state index is 13.1. The molecule has 0 bridgehead atoms. The third kappa shape index (κ3) is 66.6. The van der Waals surface area contributed by atoms with Crippen molar-refractivity contribution >= 4 is 39.5 Å². The average molecular weight is 1410 g/mol. The van der Waals surface area contributed by atoms with Gasteiger partial charge in [0.25, 0.3) is 0 Å². The lowest BCUT2D eigenvalue weighted by Gasteiger charge is -2.21. The Bertz CT molecular complexity index is 1890. The second-order valence-corrected chi connectivity index (χ2v) is 31.9. The van der Waals surface area contributed by atoms with Crippen molar-refractivity contribution < 1.29 is 80.2 Å². The number of hydrogen-bond acceptors (Lipinski definition) is 15. The van der Waals surface area contributed by atoms with Gasteiger partial charge in [0, 0.05) is 25.7 Å². The highest BCUT2D eigenvalue weighted by molar-refractivity contribution is 7.47. The van der Waals surface area contributed by atoms with Gasteiger partial charge in [0.1, 0.15) is 19.3 Å². The zero-order valence-electron chi connectivity index (χ0n) is 63.0. The van der Waals surface area contributed by atoms with Crippen LogP contribution in [-0.4, -0.2) is 96.7 Å². The summed E-state index contributed by atoms with van der Waals surface area (Å²) in [4.78, 5) is 72.9. The molecule has 0 aliphatic heterocycles. The fraction of sp³-hybridized carbons (Fsp3) is 0.948. The highest BCUT2D eigenvalue weighted by atomic mass is 31.2. The van der Waals surface area contributed by atoms with E-state index in [1.165, 1.54) is 193 Å². The molecule has 5 unspecified atom stereocenters. The second kappa shape index (κ2) is 66.3. The number of rotatable bonds is 74. The van der Waals surface area contributed by atoms with E-state index in [9.17, 15) is 43.2 Å². The molecule has 19 heteroatoms.